The maximum absolute atomic E-state index is 12.6. The molecule has 0 saturated heterocycles. The highest BCUT2D eigenvalue weighted by atomic mass is 32.1. The van der Waals surface area contributed by atoms with Gasteiger partial charge in [0.2, 0.25) is 0 Å². The SMILES string of the molecule is CC1CC(OC(=O)C2NCCc3sccc32)CC(C)(C)C1. The summed E-state index contributed by atoms with van der Waals surface area (Å²) in [7, 11) is 0. The zero-order valence-electron chi connectivity index (χ0n) is 13.1. The first-order chi connectivity index (χ1) is 9.94. The minimum atomic E-state index is -0.264. The number of carbonyl (C=O) groups excluding carboxylic acids is 1. The molecule has 0 aromatic carbocycles. The van der Waals surface area contributed by atoms with Gasteiger partial charge < -0.3 is 10.1 Å². The summed E-state index contributed by atoms with van der Waals surface area (Å²) >= 11 is 1.74. The highest BCUT2D eigenvalue weighted by molar-refractivity contribution is 7.10. The Kier molecular flexibility index (Phi) is 4.10. The molecule has 0 radical (unpaired) electrons. The molecule has 1 N–H and O–H groups in total. The number of rotatable bonds is 2. The molecule has 0 bridgehead atoms. The second-order valence-electron chi connectivity index (χ2n) is 7.41. The first kappa shape index (κ1) is 15.0. The molecule has 3 atom stereocenters. The summed E-state index contributed by atoms with van der Waals surface area (Å²) in [5, 5.41) is 5.39. The smallest absolute Gasteiger partial charge is 0.328 e. The highest BCUT2D eigenvalue weighted by Crippen LogP contribution is 2.40. The molecule has 1 aliphatic heterocycles. The van der Waals surface area contributed by atoms with Crippen LogP contribution >= 0.6 is 11.3 Å². The van der Waals surface area contributed by atoms with Crippen molar-refractivity contribution in [3.8, 4) is 0 Å². The number of esters is 1. The van der Waals surface area contributed by atoms with Gasteiger partial charge in [-0.2, -0.15) is 0 Å². The van der Waals surface area contributed by atoms with Crippen molar-refractivity contribution in [1.82, 2.24) is 5.32 Å². The standard InChI is InChI=1S/C17H25NO2S/c1-11-8-12(10-17(2,3)9-11)20-16(19)15-13-5-7-21-14(13)4-6-18-15/h5,7,11-12,15,18H,4,6,8-10H2,1-3H3. The third-order valence-electron chi connectivity index (χ3n) is 4.66. The first-order valence-corrected chi connectivity index (χ1v) is 8.83. The van der Waals surface area contributed by atoms with Crippen LogP contribution in [0.3, 0.4) is 0 Å². The van der Waals surface area contributed by atoms with Gasteiger partial charge in [-0.25, -0.2) is 4.79 Å². The summed E-state index contributed by atoms with van der Waals surface area (Å²) in [6.07, 6.45) is 4.29. The van der Waals surface area contributed by atoms with Crippen LogP contribution in [0.25, 0.3) is 0 Å². The molecule has 2 aliphatic rings. The molecule has 21 heavy (non-hydrogen) atoms. The number of hydrogen-bond acceptors (Lipinski definition) is 4. The zero-order valence-corrected chi connectivity index (χ0v) is 14.0. The lowest BCUT2D eigenvalue weighted by atomic mass is 9.71. The molecular formula is C17H25NO2S. The zero-order chi connectivity index (χ0) is 15.0. The van der Waals surface area contributed by atoms with E-state index in [0.29, 0.717) is 5.92 Å². The Labute approximate surface area is 131 Å². The molecule has 3 nitrogen and oxygen atoms in total. The molecule has 1 fully saturated rings. The van der Waals surface area contributed by atoms with Gasteiger partial charge in [0, 0.05) is 11.4 Å². The Morgan fingerprint density at radius 2 is 2.24 bits per heavy atom. The highest BCUT2D eigenvalue weighted by Gasteiger charge is 2.36. The van der Waals surface area contributed by atoms with E-state index in [-0.39, 0.29) is 23.5 Å². The maximum Gasteiger partial charge on any atom is 0.328 e. The average Bonchev–Trinajstić information content (AvgIpc) is 2.83. The summed E-state index contributed by atoms with van der Waals surface area (Å²) in [5.41, 5.74) is 1.40. The molecule has 3 rings (SSSR count). The van der Waals surface area contributed by atoms with Crippen LogP contribution < -0.4 is 5.32 Å². The quantitative estimate of drug-likeness (QED) is 0.847. The predicted octanol–water partition coefficient (Wildman–Crippen LogP) is 3.69. The van der Waals surface area contributed by atoms with Gasteiger partial charge >= 0.3 is 5.97 Å². The summed E-state index contributed by atoms with van der Waals surface area (Å²) in [6, 6.07) is 1.80. The van der Waals surface area contributed by atoms with Gasteiger partial charge in [0.15, 0.2) is 0 Å². The number of fused-ring (bicyclic) bond motifs is 1. The van der Waals surface area contributed by atoms with Crippen molar-refractivity contribution >= 4 is 17.3 Å². The van der Waals surface area contributed by atoms with Crippen molar-refractivity contribution in [1.29, 1.82) is 0 Å². The van der Waals surface area contributed by atoms with Crippen LogP contribution in [-0.2, 0) is 16.0 Å². The van der Waals surface area contributed by atoms with E-state index in [4.69, 9.17) is 4.74 Å². The van der Waals surface area contributed by atoms with E-state index < -0.39 is 0 Å². The van der Waals surface area contributed by atoms with E-state index in [1.54, 1.807) is 11.3 Å². The second-order valence-corrected chi connectivity index (χ2v) is 8.41. The van der Waals surface area contributed by atoms with Crippen LogP contribution in [0.4, 0.5) is 0 Å². The molecule has 3 unspecified atom stereocenters. The Morgan fingerprint density at radius 1 is 1.43 bits per heavy atom. The lowest BCUT2D eigenvalue weighted by molar-refractivity contribution is -0.156. The summed E-state index contributed by atoms with van der Waals surface area (Å²) in [5.74, 6) is 0.534. The number of hydrogen-bond donors (Lipinski definition) is 1. The first-order valence-electron chi connectivity index (χ1n) is 7.95. The van der Waals surface area contributed by atoms with Crippen molar-refractivity contribution < 1.29 is 9.53 Å². The van der Waals surface area contributed by atoms with Crippen molar-refractivity contribution in [2.45, 2.75) is 58.6 Å². The molecule has 1 aromatic heterocycles. The monoisotopic (exact) mass is 307 g/mol. The molecule has 4 heteroatoms. The molecule has 1 aliphatic carbocycles. The summed E-state index contributed by atoms with van der Waals surface area (Å²) in [6.45, 7) is 7.68. The van der Waals surface area contributed by atoms with Crippen LogP contribution in [0.2, 0.25) is 0 Å². The van der Waals surface area contributed by atoms with Gasteiger partial charge in [-0.3, -0.25) is 0 Å². The lowest BCUT2D eigenvalue weighted by Gasteiger charge is -2.39. The fourth-order valence-corrected chi connectivity index (χ4v) is 4.96. The number of thiophene rings is 1. The Morgan fingerprint density at radius 3 is 3.00 bits per heavy atom. The normalized spacial score (nSPS) is 31.5. The van der Waals surface area contributed by atoms with Gasteiger partial charge in [0.1, 0.15) is 12.1 Å². The van der Waals surface area contributed by atoms with E-state index in [1.807, 2.05) is 0 Å². The molecule has 116 valence electrons. The summed E-state index contributed by atoms with van der Waals surface area (Å²) in [4.78, 5) is 13.9. The van der Waals surface area contributed by atoms with Gasteiger partial charge in [0.05, 0.1) is 0 Å². The van der Waals surface area contributed by atoms with Gasteiger partial charge in [0.25, 0.3) is 0 Å². The van der Waals surface area contributed by atoms with Crippen LogP contribution in [-0.4, -0.2) is 18.6 Å². The van der Waals surface area contributed by atoms with Crippen molar-refractivity contribution in [2.75, 3.05) is 6.54 Å². The van der Waals surface area contributed by atoms with E-state index in [1.165, 1.54) is 11.3 Å². The fourth-order valence-electron chi connectivity index (χ4n) is 4.04. The van der Waals surface area contributed by atoms with Crippen LogP contribution in [0.1, 0.15) is 56.5 Å². The van der Waals surface area contributed by atoms with Crippen molar-refractivity contribution in [3.05, 3.63) is 21.9 Å². The van der Waals surface area contributed by atoms with Crippen LogP contribution in [0.5, 0.6) is 0 Å². The van der Waals surface area contributed by atoms with E-state index in [2.05, 4.69) is 37.5 Å². The molecule has 1 aromatic rings. The van der Waals surface area contributed by atoms with Crippen LogP contribution in [0.15, 0.2) is 11.4 Å². The molecule has 0 spiro atoms. The number of carbonyl (C=O) groups is 1. The Hall–Kier alpha value is -0.870. The average molecular weight is 307 g/mol. The Balaban J connectivity index is 1.67. The topological polar surface area (TPSA) is 38.3 Å². The maximum atomic E-state index is 12.6. The lowest BCUT2D eigenvalue weighted by Crippen LogP contribution is -2.39. The van der Waals surface area contributed by atoms with E-state index in [9.17, 15) is 4.79 Å². The third-order valence-corrected chi connectivity index (χ3v) is 5.65. The van der Waals surface area contributed by atoms with Crippen molar-refractivity contribution in [2.24, 2.45) is 11.3 Å². The largest absolute Gasteiger partial charge is 0.461 e. The predicted molar refractivity (Wildman–Crippen MR) is 85.4 cm³/mol. The van der Waals surface area contributed by atoms with Gasteiger partial charge in [-0.1, -0.05) is 20.8 Å². The minimum absolute atomic E-state index is 0.0714. The van der Waals surface area contributed by atoms with E-state index in [0.717, 1.165) is 31.4 Å². The molecular weight excluding hydrogens is 282 g/mol. The van der Waals surface area contributed by atoms with Gasteiger partial charge in [-0.15, -0.1) is 11.3 Å². The van der Waals surface area contributed by atoms with Crippen molar-refractivity contribution in [3.63, 3.8) is 0 Å². The summed E-state index contributed by atoms with van der Waals surface area (Å²) < 4.78 is 5.87. The minimum Gasteiger partial charge on any atom is -0.461 e. The van der Waals surface area contributed by atoms with E-state index >= 15 is 0 Å². The fraction of sp³-hybridized carbons (Fsp3) is 0.706. The number of nitrogens with one attached hydrogen (secondary N) is 1. The van der Waals surface area contributed by atoms with Gasteiger partial charge in [-0.05, 0) is 54.0 Å². The Bertz CT molecular complexity index is 523. The molecule has 2 heterocycles. The number of ether oxygens (including phenoxy) is 1. The molecule has 1 saturated carbocycles. The van der Waals surface area contributed by atoms with Crippen LogP contribution in [0, 0.1) is 11.3 Å². The third kappa shape index (κ3) is 3.32. The second kappa shape index (κ2) is 5.73. The molecule has 0 amide bonds.